The molecule has 2 N–H and O–H groups in total. The summed E-state index contributed by atoms with van der Waals surface area (Å²) in [5.41, 5.74) is 2.04. The monoisotopic (exact) mass is 322 g/mol. The van der Waals surface area contributed by atoms with Gasteiger partial charge in [-0.05, 0) is 44.0 Å². The van der Waals surface area contributed by atoms with Crippen LogP contribution in [0.4, 0.5) is 0 Å². The Hall–Kier alpha value is -2.33. The van der Waals surface area contributed by atoms with Crippen molar-refractivity contribution in [2.75, 3.05) is 13.1 Å². The highest BCUT2D eigenvalue weighted by Crippen LogP contribution is 2.42. The highest BCUT2D eigenvalue weighted by atomic mass is 16.5. The summed E-state index contributed by atoms with van der Waals surface area (Å²) in [7, 11) is 0. The van der Waals surface area contributed by atoms with Gasteiger partial charge in [0.15, 0.2) is 0 Å². The van der Waals surface area contributed by atoms with E-state index in [-0.39, 0.29) is 11.9 Å². The standard InChI is InChI=1S/C20H22N2O2/c23-19(10-9-14-11-12-21-13-14)22-20-15-5-1-3-7-17(15)24-18-8-4-2-6-16(18)20/h1-8,14,20-21H,9-13H2,(H,22,23). The third kappa shape index (κ3) is 3.02. The lowest BCUT2D eigenvalue weighted by atomic mass is 9.94. The number of hydrogen-bond acceptors (Lipinski definition) is 3. The van der Waals surface area contributed by atoms with Gasteiger partial charge >= 0.3 is 0 Å². The number of carbonyl (C=O) groups is 1. The lowest BCUT2D eigenvalue weighted by Gasteiger charge is -2.29. The Bertz CT molecular complexity index is 692. The molecule has 24 heavy (non-hydrogen) atoms. The largest absolute Gasteiger partial charge is 0.457 e. The van der Waals surface area contributed by atoms with E-state index in [1.807, 2.05) is 48.5 Å². The van der Waals surface area contributed by atoms with Crippen molar-refractivity contribution in [3.8, 4) is 11.5 Å². The number of fused-ring (bicyclic) bond motifs is 2. The summed E-state index contributed by atoms with van der Waals surface area (Å²) in [6.45, 7) is 2.11. The third-order valence-electron chi connectivity index (χ3n) is 4.93. The molecule has 1 amide bonds. The molecule has 4 rings (SSSR count). The van der Waals surface area contributed by atoms with Gasteiger partial charge in [0, 0.05) is 17.5 Å². The summed E-state index contributed by atoms with van der Waals surface area (Å²) in [6.07, 6.45) is 2.70. The predicted octanol–water partition coefficient (Wildman–Crippen LogP) is 3.39. The minimum absolute atomic E-state index is 0.110. The number of para-hydroxylation sites is 2. The van der Waals surface area contributed by atoms with Gasteiger partial charge in [-0.25, -0.2) is 0 Å². The Morgan fingerprint density at radius 1 is 1.08 bits per heavy atom. The summed E-state index contributed by atoms with van der Waals surface area (Å²) in [5, 5.41) is 6.57. The van der Waals surface area contributed by atoms with Crippen LogP contribution >= 0.6 is 0 Å². The van der Waals surface area contributed by atoms with Crippen molar-refractivity contribution < 1.29 is 9.53 Å². The van der Waals surface area contributed by atoms with E-state index in [2.05, 4.69) is 10.6 Å². The second-order valence-electron chi connectivity index (χ2n) is 6.58. The molecule has 4 heteroatoms. The molecule has 4 nitrogen and oxygen atoms in total. The van der Waals surface area contributed by atoms with E-state index in [4.69, 9.17) is 4.74 Å². The van der Waals surface area contributed by atoms with Crippen LogP contribution < -0.4 is 15.4 Å². The first-order valence-corrected chi connectivity index (χ1v) is 8.67. The van der Waals surface area contributed by atoms with Gasteiger partial charge < -0.3 is 15.4 Å². The van der Waals surface area contributed by atoms with Gasteiger partial charge in [-0.1, -0.05) is 36.4 Å². The summed E-state index contributed by atoms with van der Waals surface area (Å²) < 4.78 is 5.97. The fourth-order valence-electron chi connectivity index (χ4n) is 3.59. The lowest BCUT2D eigenvalue weighted by Crippen LogP contribution is -2.31. The van der Waals surface area contributed by atoms with E-state index >= 15 is 0 Å². The molecule has 2 aliphatic heterocycles. The minimum Gasteiger partial charge on any atom is -0.457 e. The second-order valence-corrected chi connectivity index (χ2v) is 6.58. The number of amides is 1. The van der Waals surface area contributed by atoms with Crippen molar-refractivity contribution in [3.05, 3.63) is 59.7 Å². The van der Waals surface area contributed by atoms with Crippen molar-refractivity contribution in [2.45, 2.75) is 25.3 Å². The Morgan fingerprint density at radius 3 is 2.38 bits per heavy atom. The zero-order valence-corrected chi connectivity index (χ0v) is 13.6. The van der Waals surface area contributed by atoms with E-state index in [0.29, 0.717) is 12.3 Å². The predicted molar refractivity (Wildman–Crippen MR) is 93.2 cm³/mol. The molecule has 1 atom stereocenters. The fraction of sp³-hybridized carbons (Fsp3) is 0.350. The molecule has 0 aromatic heterocycles. The van der Waals surface area contributed by atoms with Crippen LogP contribution in [0.1, 0.15) is 36.4 Å². The first-order valence-electron chi connectivity index (χ1n) is 8.67. The molecule has 2 aromatic rings. The van der Waals surface area contributed by atoms with Crippen LogP contribution in [0.2, 0.25) is 0 Å². The van der Waals surface area contributed by atoms with Gasteiger partial charge in [0.05, 0.1) is 6.04 Å². The van der Waals surface area contributed by atoms with E-state index in [9.17, 15) is 4.79 Å². The van der Waals surface area contributed by atoms with Gasteiger partial charge in [-0.2, -0.15) is 0 Å². The van der Waals surface area contributed by atoms with E-state index < -0.39 is 0 Å². The van der Waals surface area contributed by atoms with E-state index in [1.54, 1.807) is 0 Å². The number of hydrogen-bond donors (Lipinski definition) is 2. The third-order valence-corrected chi connectivity index (χ3v) is 4.93. The maximum Gasteiger partial charge on any atom is 0.220 e. The summed E-state index contributed by atoms with van der Waals surface area (Å²) in [4.78, 5) is 12.5. The molecule has 0 radical (unpaired) electrons. The minimum atomic E-state index is -0.139. The van der Waals surface area contributed by atoms with E-state index in [1.165, 1.54) is 6.42 Å². The first kappa shape index (κ1) is 15.2. The molecule has 1 unspecified atom stereocenters. The first-order chi connectivity index (χ1) is 11.8. The van der Waals surface area contributed by atoms with Gasteiger partial charge in [0.2, 0.25) is 5.91 Å². The summed E-state index contributed by atoms with van der Waals surface area (Å²) in [6, 6.07) is 15.7. The second kappa shape index (κ2) is 6.65. The zero-order valence-electron chi connectivity index (χ0n) is 13.6. The van der Waals surface area contributed by atoms with Crippen molar-refractivity contribution in [1.29, 1.82) is 0 Å². The zero-order chi connectivity index (χ0) is 16.4. The number of ether oxygens (including phenoxy) is 1. The molecular weight excluding hydrogens is 300 g/mol. The van der Waals surface area contributed by atoms with Crippen LogP contribution in [0.3, 0.4) is 0 Å². The normalized spacial score (nSPS) is 19.2. The average molecular weight is 322 g/mol. The Balaban J connectivity index is 1.52. The molecule has 1 fully saturated rings. The quantitative estimate of drug-likeness (QED) is 0.907. The number of rotatable bonds is 4. The number of carbonyl (C=O) groups excluding carboxylic acids is 1. The van der Waals surface area contributed by atoms with Gasteiger partial charge in [-0.3, -0.25) is 4.79 Å². The van der Waals surface area contributed by atoms with Crippen LogP contribution in [-0.2, 0) is 4.79 Å². The maximum absolute atomic E-state index is 12.5. The van der Waals surface area contributed by atoms with Crippen molar-refractivity contribution in [1.82, 2.24) is 10.6 Å². The van der Waals surface area contributed by atoms with Crippen LogP contribution in [0.15, 0.2) is 48.5 Å². The molecule has 2 aromatic carbocycles. The SMILES string of the molecule is O=C(CCC1CCNC1)NC1c2ccccc2Oc2ccccc21. The lowest BCUT2D eigenvalue weighted by molar-refractivity contribution is -0.121. The van der Waals surface area contributed by atoms with Crippen LogP contribution in [0.25, 0.3) is 0 Å². The average Bonchev–Trinajstić information content (AvgIpc) is 3.13. The van der Waals surface area contributed by atoms with Gasteiger partial charge in [-0.15, -0.1) is 0 Å². The van der Waals surface area contributed by atoms with Crippen LogP contribution in [-0.4, -0.2) is 19.0 Å². The Labute approximate surface area is 142 Å². The number of benzene rings is 2. The smallest absolute Gasteiger partial charge is 0.220 e. The van der Waals surface area contributed by atoms with E-state index in [0.717, 1.165) is 42.1 Å². The number of nitrogens with one attached hydrogen (secondary N) is 2. The Morgan fingerprint density at radius 2 is 1.75 bits per heavy atom. The highest BCUT2D eigenvalue weighted by Gasteiger charge is 2.28. The molecule has 2 heterocycles. The topological polar surface area (TPSA) is 50.4 Å². The van der Waals surface area contributed by atoms with Gasteiger partial charge in [0.1, 0.15) is 11.5 Å². The molecule has 0 saturated carbocycles. The molecule has 124 valence electrons. The van der Waals surface area contributed by atoms with Crippen LogP contribution in [0.5, 0.6) is 11.5 Å². The molecule has 1 saturated heterocycles. The van der Waals surface area contributed by atoms with Crippen molar-refractivity contribution in [2.24, 2.45) is 5.92 Å². The van der Waals surface area contributed by atoms with Crippen molar-refractivity contribution >= 4 is 5.91 Å². The molecule has 0 bridgehead atoms. The van der Waals surface area contributed by atoms with Crippen molar-refractivity contribution in [3.63, 3.8) is 0 Å². The summed E-state index contributed by atoms with van der Waals surface area (Å²) >= 11 is 0. The molecule has 0 aliphatic carbocycles. The molecule has 0 spiro atoms. The summed E-state index contributed by atoms with van der Waals surface area (Å²) in [5.74, 6) is 2.38. The molecule has 2 aliphatic rings. The maximum atomic E-state index is 12.5. The molecular formula is C20H22N2O2. The fourth-order valence-corrected chi connectivity index (χ4v) is 3.59. The van der Waals surface area contributed by atoms with Crippen LogP contribution in [0, 0.1) is 5.92 Å². The highest BCUT2D eigenvalue weighted by molar-refractivity contribution is 5.77. The Kier molecular flexibility index (Phi) is 4.22. The van der Waals surface area contributed by atoms with Gasteiger partial charge in [0.25, 0.3) is 0 Å².